The number of aromatic carboxylic acids is 1. The van der Waals surface area contributed by atoms with Gasteiger partial charge in [-0.05, 0) is 5.56 Å². The highest BCUT2D eigenvalue weighted by atomic mass is 35.5. The molecule has 0 saturated carbocycles. The number of hydrogen-bond donors (Lipinski definition) is 1. The second-order valence-corrected chi connectivity index (χ2v) is 5.27. The van der Waals surface area contributed by atoms with Crippen molar-refractivity contribution in [2.24, 2.45) is 0 Å². The van der Waals surface area contributed by atoms with Crippen molar-refractivity contribution in [3.05, 3.63) is 59.0 Å². The quantitative estimate of drug-likeness (QED) is 0.801. The minimum Gasteiger partial charge on any atom is -0.476 e. The van der Waals surface area contributed by atoms with Crippen LogP contribution in [0.2, 0.25) is 5.15 Å². The molecule has 1 N–H and O–H groups in total. The van der Waals surface area contributed by atoms with Crippen molar-refractivity contribution < 1.29 is 9.90 Å². The molecule has 2 heterocycles. The number of carboxylic acids is 1. The van der Waals surface area contributed by atoms with Gasteiger partial charge < -0.3 is 10.0 Å². The first-order chi connectivity index (χ1) is 10.6. The predicted molar refractivity (Wildman–Crippen MR) is 83.5 cm³/mol. The number of anilines is 1. The van der Waals surface area contributed by atoms with E-state index in [2.05, 4.69) is 10.1 Å². The minimum absolute atomic E-state index is 0.0214. The van der Waals surface area contributed by atoms with Crippen LogP contribution in [-0.2, 0) is 6.54 Å². The molecule has 0 aliphatic heterocycles. The molecule has 0 fully saturated rings. The lowest BCUT2D eigenvalue weighted by Gasteiger charge is -2.20. The van der Waals surface area contributed by atoms with Crippen LogP contribution in [0.1, 0.15) is 16.1 Å². The van der Waals surface area contributed by atoms with Crippen molar-refractivity contribution in [2.75, 3.05) is 11.9 Å². The Morgan fingerprint density at radius 2 is 2.09 bits per heavy atom. The van der Waals surface area contributed by atoms with E-state index in [9.17, 15) is 4.79 Å². The molecule has 0 spiro atoms. The lowest BCUT2D eigenvalue weighted by Crippen LogP contribution is -2.18. The van der Waals surface area contributed by atoms with Crippen LogP contribution in [0.3, 0.4) is 0 Å². The Morgan fingerprint density at radius 3 is 2.77 bits per heavy atom. The monoisotopic (exact) mass is 316 g/mol. The molecule has 0 radical (unpaired) electrons. The predicted octanol–water partition coefficient (Wildman–Crippen LogP) is 2.72. The summed E-state index contributed by atoms with van der Waals surface area (Å²) in [7, 11) is 1.90. The van der Waals surface area contributed by atoms with Gasteiger partial charge in [0.2, 0.25) is 0 Å². The van der Waals surface area contributed by atoms with Gasteiger partial charge in [-0.15, -0.1) is 0 Å². The number of benzene rings is 1. The summed E-state index contributed by atoms with van der Waals surface area (Å²) in [5, 5.41) is 13.4. The average Bonchev–Trinajstić information content (AvgIpc) is 2.91. The summed E-state index contributed by atoms with van der Waals surface area (Å²) >= 11 is 6.03. The van der Waals surface area contributed by atoms with E-state index in [4.69, 9.17) is 16.7 Å². The van der Waals surface area contributed by atoms with Crippen molar-refractivity contribution in [3.63, 3.8) is 0 Å². The van der Waals surface area contributed by atoms with Gasteiger partial charge in [-0.1, -0.05) is 41.9 Å². The second-order valence-electron chi connectivity index (χ2n) is 4.88. The van der Waals surface area contributed by atoms with Crippen molar-refractivity contribution in [1.82, 2.24) is 14.6 Å². The standard InChI is InChI=1S/C15H13ClN4O2/c1-19(9-10-5-3-2-4-6-10)11-7-13(16)18-20-12(15(21)22)8-17-14(11)20/h2-8H,9H2,1H3,(H,21,22). The summed E-state index contributed by atoms with van der Waals surface area (Å²) < 4.78 is 1.25. The Bertz CT molecular complexity index is 832. The maximum atomic E-state index is 11.2. The van der Waals surface area contributed by atoms with E-state index in [1.807, 2.05) is 42.3 Å². The molecule has 6 nitrogen and oxygen atoms in total. The number of carbonyl (C=O) groups is 1. The SMILES string of the molecule is CN(Cc1ccccc1)c1cc(Cl)nn2c(C(=O)O)cnc12. The van der Waals surface area contributed by atoms with Crippen molar-refractivity contribution in [3.8, 4) is 0 Å². The Balaban J connectivity index is 2.04. The fourth-order valence-electron chi connectivity index (χ4n) is 2.29. The van der Waals surface area contributed by atoms with Gasteiger partial charge >= 0.3 is 5.97 Å². The molecule has 3 rings (SSSR count). The van der Waals surface area contributed by atoms with Gasteiger partial charge in [0, 0.05) is 19.7 Å². The van der Waals surface area contributed by atoms with Crippen LogP contribution in [-0.4, -0.2) is 32.7 Å². The normalized spacial score (nSPS) is 10.8. The Labute approximate surface area is 131 Å². The average molecular weight is 317 g/mol. The third-order valence-electron chi connectivity index (χ3n) is 3.31. The fraction of sp³-hybridized carbons (Fsp3) is 0.133. The van der Waals surface area contributed by atoms with E-state index in [-0.39, 0.29) is 10.8 Å². The van der Waals surface area contributed by atoms with Gasteiger partial charge in [0.05, 0.1) is 11.9 Å². The molecule has 7 heteroatoms. The van der Waals surface area contributed by atoms with Crippen LogP contribution in [0.15, 0.2) is 42.6 Å². The summed E-state index contributed by atoms with van der Waals surface area (Å²) in [5.41, 5.74) is 2.28. The van der Waals surface area contributed by atoms with Crippen LogP contribution in [0.5, 0.6) is 0 Å². The molecule has 112 valence electrons. The highest BCUT2D eigenvalue weighted by molar-refractivity contribution is 6.29. The van der Waals surface area contributed by atoms with Gasteiger partial charge in [-0.25, -0.2) is 14.3 Å². The third kappa shape index (κ3) is 2.60. The molecule has 0 aliphatic carbocycles. The minimum atomic E-state index is -1.10. The zero-order valence-corrected chi connectivity index (χ0v) is 12.5. The molecule has 0 unspecified atom stereocenters. The van der Waals surface area contributed by atoms with Crippen LogP contribution in [0.25, 0.3) is 5.65 Å². The van der Waals surface area contributed by atoms with Gasteiger partial charge in [0.15, 0.2) is 16.5 Å². The van der Waals surface area contributed by atoms with E-state index < -0.39 is 5.97 Å². The second kappa shape index (κ2) is 5.65. The Hall–Kier alpha value is -2.60. The first-order valence-corrected chi connectivity index (χ1v) is 6.96. The maximum absolute atomic E-state index is 11.2. The summed E-state index contributed by atoms with van der Waals surface area (Å²) in [5.74, 6) is -1.10. The highest BCUT2D eigenvalue weighted by Crippen LogP contribution is 2.24. The fourth-order valence-corrected chi connectivity index (χ4v) is 2.47. The van der Waals surface area contributed by atoms with Crippen molar-refractivity contribution in [2.45, 2.75) is 6.54 Å². The van der Waals surface area contributed by atoms with E-state index >= 15 is 0 Å². The van der Waals surface area contributed by atoms with Gasteiger partial charge in [0.1, 0.15) is 0 Å². The number of aromatic nitrogens is 3. The summed E-state index contributed by atoms with van der Waals surface area (Å²) in [6.45, 7) is 0.645. The van der Waals surface area contributed by atoms with Gasteiger partial charge in [-0.3, -0.25) is 0 Å². The van der Waals surface area contributed by atoms with Gasteiger partial charge in [0.25, 0.3) is 0 Å². The maximum Gasteiger partial charge on any atom is 0.356 e. The first-order valence-electron chi connectivity index (χ1n) is 6.59. The molecule has 0 atom stereocenters. The molecule has 0 bridgehead atoms. The van der Waals surface area contributed by atoms with Crippen LogP contribution >= 0.6 is 11.6 Å². The third-order valence-corrected chi connectivity index (χ3v) is 3.50. The van der Waals surface area contributed by atoms with Crippen LogP contribution in [0, 0.1) is 0 Å². The molecule has 0 amide bonds. The molecule has 2 aromatic heterocycles. The number of hydrogen-bond acceptors (Lipinski definition) is 4. The van der Waals surface area contributed by atoms with E-state index in [0.29, 0.717) is 12.2 Å². The van der Waals surface area contributed by atoms with Crippen LogP contribution < -0.4 is 4.90 Å². The molecule has 1 aromatic carbocycles. The topological polar surface area (TPSA) is 70.7 Å². The van der Waals surface area contributed by atoms with Gasteiger partial charge in [-0.2, -0.15) is 5.10 Å². The zero-order chi connectivity index (χ0) is 15.7. The summed E-state index contributed by atoms with van der Waals surface area (Å²) in [6, 6.07) is 11.6. The number of halogens is 1. The van der Waals surface area contributed by atoms with Crippen molar-refractivity contribution >= 4 is 28.9 Å². The number of carboxylic acid groups (broad SMARTS) is 1. The van der Waals surface area contributed by atoms with E-state index in [1.54, 1.807) is 6.07 Å². The van der Waals surface area contributed by atoms with E-state index in [1.165, 1.54) is 10.7 Å². The lowest BCUT2D eigenvalue weighted by atomic mass is 10.2. The summed E-state index contributed by atoms with van der Waals surface area (Å²) in [4.78, 5) is 17.3. The van der Waals surface area contributed by atoms with Crippen LogP contribution in [0.4, 0.5) is 5.69 Å². The number of rotatable bonds is 4. The number of imidazole rings is 1. The zero-order valence-electron chi connectivity index (χ0n) is 11.8. The first kappa shape index (κ1) is 14.3. The van der Waals surface area contributed by atoms with Crippen molar-refractivity contribution in [1.29, 1.82) is 0 Å². The number of nitrogens with zero attached hydrogens (tertiary/aromatic N) is 4. The molecular weight excluding hydrogens is 304 g/mol. The van der Waals surface area contributed by atoms with E-state index in [0.717, 1.165) is 11.3 Å². The largest absolute Gasteiger partial charge is 0.476 e. The Morgan fingerprint density at radius 1 is 1.36 bits per heavy atom. The molecule has 0 aliphatic rings. The lowest BCUT2D eigenvalue weighted by molar-refractivity contribution is 0.0688. The smallest absolute Gasteiger partial charge is 0.356 e. The Kier molecular flexibility index (Phi) is 3.68. The summed E-state index contributed by atoms with van der Waals surface area (Å²) in [6.07, 6.45) is 1.28. The molecule has 0 saturated heterocycles. The molecule has 3 aromatic rings. The number of fused-ring (bicyclic) bond motifs is 1. The highest BCUT2D eigenvalue weighted by Gasteiger charge is 2.17. The molecular formula is C15H13ClN4O2. The molecule has 22 heavy (non-hydrogen) atoms.